The number of fused-ring (bicyclic) bond motifs is 1. The van der Waals surface area contributed by atoms with Crippen molar-refractivity contribution >= 4 is 11.9 Å². The number of carbonyl (C=O) groups is 2. The second-order valence-electron chi connectivity index (χ2n) is 6.01. The fourth-order valence-electron chi connectivity index (χ4n) is 3.18. The van der Waals surface area contributed by atoms with Crippen LogP contribution in [0.5, 0.6) is 17.2 Å². The third kappa shape index (κ3) is 3.74. The van der Waals surface area contributed by atoms with Gasteiger partial charge in [-0.1, -0.05) is 12.1 Å². The Labute approximate surface area is 163 Å². The number of esters is 1. The molecule has 1 N–H and O–H groups in total. The van der Waals surface area contributed by atoms with E-state index in [1.54, 1.807) is 19.1 Å². The molecule has 0 bridgehead atoms. The Hall–Kier alpha value is -3.22. The molecule has 28 heavy (non-hydrogen) atoms. The van der Waals surface area contributed by atoms with Crippen molar-refractivity contribution in [2.24, 2.45) is 0 Å². The van der Waals surface area contributed by atoms with Crippen molar-refractivity contribution < 1.29 is 28.5 Å². The van der Waals surface area contributed by atoms with Crippen LogP contribution in [-0.4, -0.2) is 38.8 Å². The lowest BCUT2D eigenvalue weighted by Gasteiger charge is -2.19. The number of hydrogen-bond acceptors (Lipinski definition) is 6. The van der Waals surface area contributed by atoms with Crippen LogP contribution in [0.1, 0.15) is 29.8 Å². The minimum atomic E-state index is -0.478. The Morgan fingerprint density at radius 2 is 1.79 bits per heavy atom. The number of amides is 1. The van der Waals surface area contributed by atoms with E-state index in [4.69, 9.17) is 18.9 Å². The van der Waals surface area contributed by atoms with Gasteiger partial charge in [-0.05, 0) is 43.2 Å². The summed E-state index contributed by atoms with van der Waals surface area (Å²) in [5.41, 5.74) is 3.05. The first kappa shape index (κ1) is 19.5. The van der Waals surface area contributed by atoms with E-state index in [1.165, 1.54) is 7.11 Å². The highest BCUT2D eigenvalue weighted by molar-refractivity contribution is 6.01. The molecule has 1 aliphatic heterocycles. The first-order chi connectivity index (χ1) is 13.6. The van der Waals surface area contributed by atoms with Crippen LogP contribution in [0.25, 0.3) is 11.1 Å². The summed E-state index contributed by atoms with van der Waals surface area (Å²) in [7, 11) is 1.54. The van der Waals surface area contributed by atoms with E-state index in [-0.39, 0.29) is 19.1 Å². The van der Waals surface area contributed by atoms with Crippen LogP contribution >= 0.6 is 0 Å². The molecule has 1 amide bonds. The zero-order chi connectivity index (χ0) is 20.1. The number of carbonyl (C=O) groups excluding carboxylic acids is 2. The zero-order valence-corrected chi connectivity index (χ0v) is 16.2. The van der Waals surface area contributed by atoms with Gasteiger partial charge in [0.15, 0.2) is 18.1 Å². The van der Waals surface area contributed by atoms with Crippen molar-refractivity contribution in [1.29, 1.82) is 0 Å². The standard InChI is InChI=1S/C21H23NO6/c1-4-26-18(23)12-28-19-14(9-10-17(25-3)20(19)27-5-2)13-7-6-8-15-16(13)11-22-21(15)24/h6-10H,4-5,11-12H2,1-3H3,(H,22,24). The van der Waals surface area contributed by atoms with Crippen LogP contribution in [0, 0.1) is 0 Å². The summed E-state index contributed by atoms with van der Waals surface area (Å²) >= 11 is 0. The monoisotopic (exact) mass is 385 g/mol. The normalized spacial score (nSPS) is 12.2. The van der Waals surface area contributed by atoms with Crippen LogP contribution in [-0.2, 0) is 16.1 Å². The highest BCUT2D eigenvalue weighted by atomic mass is 16.6. The van der Waals surface area contributed by atoms with Gasteiger partial charge in [-0.25, -0.2) is 4.79 Å². The molecule has 0 aliphatic carbocycles. The second-order valence-corrected chi connectivity index (χ2v) is 6.01. The number of nitrogens with one attached hydrogen (secondary N) is 1. The van der Waals surface area contributed by atoms with Gasteiger partial charge in [0.1, 0.15) is 0 Å². The molecule has 1 aliphatic rings. The molecule has 2 aromatic rings. The number of benzene rings is 2. The fourth-order valence-corrected chi connectivity index (χ4v) is 3.18. The number of hydrogen-bond donors (Lipinski definition) is 1. The maximum atomic E-state index is 12.0. The Morgan fingerprint density at radius 3 is 2.50 bits per heavy atom. The minimum absolute atomic E-state index is 0.107. The summed E-state index contributed by atoms with van der Waals surface area (Å²) in [5, 5.41) is 2.83. The third-order valence-electron chi connectivity index (χ3n) is 4.36. The predicted octanol–water partition coefficient (Wildman–Crippen LogP) is 2.95. The second kappa shape index (κ2) is 8.65. The Bertz CT molecular complexity index is 893. The summed E-state index contributed by atoms with van der Waals surface area (Å²) in [6.45, 7) is 4.41. The molecule has 0 atom stereocenters. The Kier molecular flexibility index (Phi) is 6.03. The summed E-state index contributed by atoms with van der Waals surface area (Å²) < 4.78 is 22.0. The summed E-state index contributed by atoms with van der Waals surface area (Å²) in [4.78, 5) is 23.9. The van der Waals surface area contributed by atoms with E-state index >= 15 is 0 Å². The maximum Gasteiger partial charge on any atom is 0.344 e. The van der Waals surface area contributed by atoms with Crippen LogP contribution in [0.3, 0.4) is 0 Å². The van der Waals surface area contributed by atoms with Gasteiger partial charge in [-0.3, -0.25) is 4.79 Å². The lowest BCUT2D eigenvalue weighted by Crippen LogP contribution is -2.15. The van der Waals surface area contributed by atoms with E-state index < -0.39 is 5.97 Å². The first-order valence-corrected chi connectivity index (χ1v) is 9.13. The molecular weight excluding hydrogens is 362 g/mol. The lowest BCUT2D eigenvalue weighted by molar-refractivity contribution is -0.145. The van der Waals surface area contributed by atoms with E-state index in [0.717, 1.165) is 11.1 Å². The number of methoxy groups -OCH3 is 1. The van der Waals surface area contributed by atoms with E-state index in [1.807, 2.05) is 25.1 Å². The smallest absolute Gasteiger partial charge is 0.344 e. The van der Waals surface area contributed by atoms with Gasteiger partial charge in [-0.15, -0.1) is 0 Å². The molecule has 1 heterocycles. The van der Waals surface area contributed by atoms with Gasteiger partial charge in [-0.2, -0.15) is 0 Å². The molecule has 148 valence electrons. The summed E-state index contributed by atoms with van der Waals surface area (Å²) in [6.07, 6.45) is 0. The van der Waals surface area contributed by atoms with E-state index in [0.29, 0.717) is 41.5 Å². The SMILES string of the molecule is CCOC(=O)COc1c(-c2cccc3c2CNC3=O)ccc(OC)c1OCC. The largest absolute Gasteiger partial charge is 0.493 e. The first-order valence-electron chi connectivity index (χ1n) is 9.13. The average Bonchev–Trinajstić information content (AvgIpc) is 3.08. The van der Waals surface area contributed by atoms with Crippen LogP contribution in [0.4, 0.5) is 0 Å². The lowest BCUT2D eigenvalue weighted by atomic mass is 9.95. The van der Waals surface area contributed by atoms with Crippen molar-refractivity contribution in [2.45, 2.75) is 20.4 Å². The van der Waals surface area contributed by atoms with Gasteiger partial charge in [0, 0.05) is 17.7 Å². The number of ether oxygens (including phenoxy) is 4. The van der Waals surface area contributed by atoms with Gasteiger partial charge >= 0.3 is 5.97 Å². The van der Waals surface area contributed by atoms with Crippen molar-refractivity contribution in [3.8, 4) is 28.4 Å². The van der Waals surface area contributed by atoms with Gasteiger partial charge in [0.25, 0.3) is 5.91 Å². The molecule has 0 aromatic heterocycles. The van der Waals surface area contributed by atoms with Crippen molar-refractivity contribution in [3.05, 3.63) is 41.5 Å². The quantitative estimate of drug-likeness (QED) is 0.704. The zero-order valence-electron chi connectivity index (χ0n) is 16.2. The van der Waals surface area contributed by atoms with Crippen LogP contribution in [0.15, 0.2) is 30.3 Å². The van der Waals surface area contributed by atoms with E-state index in [2.05, 4.69) is 5.32 Å². The highest BCUT2D eigenvalue weighted by Gasteiger charge is 2.26. The van der Waals surface area contributed by atoms with Gasteiger partial charge in [0.2, 0.25) is 5.75 Å². The topological polar surface area (TPSA) is 83.1 Å². The molecule has 0 unspecified atom stereocenters. The van der Waals surface area contributed by atoms with Crippen LogP contribution in [0.2, 0.25) is 0 Å². The number of rotatable bonds is 8. The maximum absolute atomic E-state index is 12.0. The average molecular weight is 385 g/mol. The fraction of sp³-hybridized carbons (Fsp3) is 0.333. The summed E-state index contributed by atoms with van der Waals surface area (Å²) in [5.74, 6) is 0.688. The Morgan fingerprint density at radius 1 is 1.00 bits per heavy atom. The highest BCUT2D eigenvalue weighted by Crippen LogP contribution is 2.46. The molecule has 0 spiro atoms. The molecule has 0 radical (unpaired) electrons. The molecule has 7 heteroatoms. The van der Waals surface area contributed by atoms with Gasteiger partial charge in [0.05, 0.1) is 20.3 Å². The van der Waals surface area contributed by atoms with Gasteiger partial charge < -0.3 is 24.3 Å². The molecule has 2 aromatic carbocycles. The van der Waals surface area contributed by atoms with Crippen LogP contribution < -0.4 is 19.5 Å². The predicted molar refractivity (Wildman–Crippen MR) is 103 cm³/mol. The molecular formula is C21H23NO6. The molecule has 7 nitrogen and oxygen atoms in total. The Balaban J connectivity index is 2.12. The molecule has 0 saturated carbocycles. The molecule has 3 rings (SSSR count). The van der Waals surface area contributed by atoms with Crippen molar-refractivity contribution in [2.75, 3.05) is 26.9 Å². The molecule has 0 saturated heterocycles. The summed E-state index contributed by atoms with van der Waals surface area (Å²) in [6, 6.07) is 9.13. The minimum Gasteiger partial charge on any atom is -0.493 e. The van der Waals surface area contributed by atoms with Crippen molar-refractivity contribution in [3.63, 3.8) is 0 Å². The van der Waals surface area contributed by atoms with Crippen molar-refractivity contribution in [1.82, 2.24) is 5.32 Å². The third-order valence-corrected chi connectivity index (χ3v) is 4.36. The van der Waals surface area contributed by atoms with E-state index in [9.17, 15) is 9.59 Å². The molecule has 0 fully saturated rings.